The summed E-state index contributed by atoms with van der Waals surface area (Å²) in [6.45, 7) is 7.05. The van der Waals surface area contributed by atoms with Crippen LogP contribution in [0.25, 0.3) is 0 Å². The zero-order valence-corrected chi connectivity index (χ0v) is 13.0. The molecule has 1 aromatic carbocycles. The summed E-state index contributed by atoms with van der Waals surface area (Å²) in [4.78, 5) is 12.1. The van der Waals surface area contributed by atoms with Gasteiger partial charge < -0.3 is 15.4 Å². The molecule has 2 N–H and O–H groups in total. The third kappa shape index (κ3) is 5.14. The minimum absolute atomic E-state index is 0.0666. The second-order valence-corrected chi connectivity index (χ2v) is 5.99. The summed E-state index contributed by atoms with van der Waals surface area (Å²) < 4.78 is 5.50. The molecule has 0 unspecified atom stereocenters. The molecule has 1 aliphatic heterocycles. The summed E-state index contributed by atoms with van der Waals surface area (Å²) >= 11 is 0. The molecule has 1 heterocycles. The van der Waals surface area contributed by atoms with Gasteiger partial charge in [-0.1, -0.05) is 38.1 Å². The molecule has 0 aliphatic carbocycles. The van der Waals surface area contributed by atoms with Crippen molar-refractivity contribution in [2.45, 2.75) is 39.3 Å². The highest BCUT2D eigenvalue weighted by atomic mass is 16.5. The fraction of sp³-hybridized carbons (Fsp3) is 0.588. The Morgan fingerprint density at radius 2 is 2.10 bits per heavy atom. The first kappa shape index (κ1) is 16.0. The highest BCUT2D eigenvalue weighted by molar-refractivity contribution is 5.82. The number of nitrogens with one attached hydrogen (secondary N) is 2. The van der Waals surface area contributed by atoms with Gasteiger partial charge in [0.1, 0.15) is 0 Å². The van der Waals surface area contributed by atoms with E-state index in [2.05, 4.69) is 36.6 Å². The number of carbonyl (C=O) groups is 1. The van der Waals surface area contributed by atoms with Crippen molar-refractivity contribution in [2.75, 3.05) is 19.8 Å². The van der Waals surface area contributed by atoms with Crippen LogP contribution in [0.1, 0.15) is 31.4 Å². The molecule has 0 fully saturated rings. The molecule has 0 spiro atoms. The average Bonchev–Trinajstić information content (AvgIpc) is 2.49. The van der Waals surface area contributed by atoms with E-state index < -0.39 is 0 Å². The second kappa shape index (κ2) is 8.15. The monoisotopic (exact) mass is 290 g/mol. The smallest absolute Gasteiger partial charge is 0.237 e. The lowest BCUT2D eigenvalue weighted by Gasteiger charge is -2.25. The number of hydrogen-bond acceptors (Lipinski definition) is 3. The molecule has 1 atom stereocenters. The van der Waals surface area contributed by atoms with Gasteiger partial charge in [0.05, 0.1) is 12.6 Å². The maximum Gasteiger partial charge on any atom is 0.237 e. The molecular weight excluding hydrogens is 264 g/mol. The van der Waals surface area contributed by atoms with Gasteiger partial charge in [0.15, 0.2) is 0 Å². The number of ether oxygens (including phenoxy) is 1. The van der Waals surface area contributed by atoms with Crippen molar-refractivity contribution in [1.82, 2.24) is 10.6 Å². The molecule has 0 saturated carbocycles. The first-order chi connectivity index (χ1) is 10.2. The van der Waals surface area contributed by atoms with E-state index in [1.807, 2.05) is 12.1 Å². The zero-order valence-electron chi connectivity index (χ0n) is 13.0. The molecule has 4 nitrogen and oxygen atoms in total. The Bertz CT molecular complexity index is 460. The van der Waals surface area contributed by atoms with Crippen LogP contribution in [0, 0.1) is 5.92 Å². The van der Waals surface area contributed by atoms with Crippen molar-refractivity contribution in [3.63, 3.8) is 0 Å². The van der Waals surface area contributed by atoms with E-state index in [1.54, 1.807) is 0 Å². The Labute approximate surface area is 127 Å². The zero-order chi connectivity index (χ0) is 15.1. The number of hydrogen-bond donors (Lipinski definition) is 2. The van der Waals surface area contributed by atoms with Crippen LogP contribution in [0.5, 0.6) is 0 Å². The molecule has 21 heavy (non-hydrogen) atoms. The van der Waals surface area contributed by atoms with Gasteiger partial charge in [-0.2, -0.15) is 0 Å². The minimum atomic E-state index is -0.129. The topological polar surface area (TPSA) is 50.4 Å². The molecule has 1 aliphatic rings. The fourth-order valence-corrected chi connectivity index (χ4v) is 2.43. The Morgan fingerprint density at radius 3 is 2.86 bits per heavy atom. The van der Waals surface area contributed by atoms with Crippen LogP contribution in [-0.2, 0) is 22.5 Å². The van der Waals surface area contributed by atoms with Crippen LogP contribution in [-0.4, -0.2) is 31.7 Å². The standard InChI is InChI=1S/C17H26N2O2/c1-13(2)7-9-21-10-8-18-17(20)16-11-14-5-3-4-6-15(14)12-19-16/h3-6,13,16,19H,7-12H2,1-2H3,(H,18,20)/t16-/m1/s1. The predicted molar refractivity (Wildman–Crippen MR) is 84.1 cm³/mol. The lowest BCUT2D eigenvalue weighted by Crippen LogP contribution is -2.48. The predicted octanol–water partition coefficient (Wildman–Crippen LogP) is 1.88. The van der Waals surface area contributed by atoms with Crippen LogP contribution in [0.4, 0.5) is 0 Å². The van der Waals surface area contributed by atoms with Gasteiger partial charge in [-0.25, -0.2) is 0 Å². The summed E-state index contributed by atoms with van der Waals surface area (Å²) in [5.41, 5.74) is 2.56. The Kier molecular flexibility index (Phi) is 6.21. The molecule has 2 rings (SSSR count). The third-order valence-corrected chi connectivity index (χ3v) is 3.78. The van der Waals surface area contributed by atoms with E-state index in [0.29, 0.717) is 19.1 Å². The van der Waals surface area contributed by atoms with Crippen molar-refractivity contribution in [3.05, 3.63) is 35.4 Å². The molecular formula is C17H26N2O2. The molecule has 116 valence electrons. The van der Waals surface area contributed by atoms with Gasteiger partial charge in [0.25, 0.3) is 0 Å². The molecule has 0 aromatic heterocycles. The fourth-order valence-electron chi connectivity index (χ4n) is 2.43. The number of amides is 1. The maximum atomic E-state index is 12.1. The van der Waals surface area contributed by atoms with E-state index in [9.17, 15) is 4.79 Å². The average molecular weight is 290 g/mol. The largest absolute Gasteiger partial charge is 0.380 e. The van der Waals surface area contributed by atoms with Gasteiger partial charge in [-0.15, -0.1) is 0 Å². The van der Waals surface area contributed by atoms with E-state index in [1.165, 1.54) is 11.1 Å². The number of carbonyl (C=O) groups excluding carboxylic acids is 1. The Hall–Kier alpha value is -1.39. The van der Waals surface area contributed by atoms with Gasteiger partial charge in [0, 0.05) is 19.7 Å². The first-order valence-electron chi connectivity index (χ1n) is 7.82. The Morgan fingerprint density at radius 1 is 1.33 bits per heavy atom. The van der Waals surface area contributed by atoms with Crippen molar-refractivity contribution in [1.29, 1.82) is 0 Å². The normalized spacial score (nSPS) is 17.6. The summed E-state index contributed by atoms with van der Waals surface area (Å²) in [7, 11) is 0. The van der Waals surface area contributed by atoms with Crippen LogP contribution >= 0.6 is 0 Å². The van der Waals surface area contributed by atoms with Crippen LogP contribution < -0.4 is 10.6 Å². The van der Waals surface area contributed by atoms with Crippen LogP contribution in [0.3, 0.4) is 0 Å². The maximum absolute atomic E-state index is 12.1. The first-order valence-corrected chi connectivity index (χ1v) is 7.82. The van der Waals surface area contributed by atoms with E-state index in [-0.39, 0.29) is 11.9 Å². The van der Waals surface area contributed by atoms with Gasteiger partial charge >= 0.3 is 0 Å². The minimum Gasteiger partial charge on any atom is -0.380 e. The quantitative estimate of drug-likeness (QED) is 0.754. The second-order valence-electron chi connectivity index (χ2n) is 5.99. The summed E-state index contributed by atoms with van der Waals surface area (Å²) in [5.74, 6) is 0.725. The molecule has 1 aromatic rings. The van der Waals surface area contributed by atoms with Crippen LogP contribution in [0.15, 0.2) is 24.3 Å². The van der Waals surface area contributed by atoms with Crippen molar-refractivity contribution in [3.8, 4) is 0 Å². The third-order valence-electron chi connectivity index (χ3n) is 3.78. The molecule has 0 bridgehead atoms. The van der Waals surface area contributed by atoms with Gasteiger partial charge in [-0.05, 0) is 29.9 Å². The lowest BCUT2D eigenvalue weighted by molar-refractivity contribution is -0.123. The number of benzene rings is 1. The summed E-state index contributed by atoms with van der Waals surface area (Å²) in [6, 6.07) is 8.15. The molecule has 0 radical (unpaired) electrons. The van der Waals surface area contributed by atoms with E-state index in [0.717, 1.165) is 26.0 Å². The van der Waals surface area contributed by atoms with Crippen molar-refractivity contribution in [2.24, 2.45) is 5.92 Å². The number of fused-ring (bicyclic) bond motifs is 1. The number of rotatable bonds is 7. The highest BCUT2D eigenvalue weighted by Gasteiger charge is 2.23. The van der Waals surface area contributed by atoms with E-state index in [4.69, 9.17) is 4.74 Å². The highest BCUT2D eigenvalue weighted by Crippen LogP contribution is 2.16. The molecule has 4 heteroatoms. The van der Waals surface area contributed by atoms with E-state index >= 15 is 0 Å². The van der Waals surface area contributed by atoms with Gasteiger partial charge in [0.2, 0.25) is 5.91 Å². The van der Waals surface area contributed by atoms with Crippen LogP contribution in [0.2, 0.25) is 0 Å². The van der Waals surface area contributed by atoms with Gasteiger partial charge in [-0.3, -0.25) is 4.79 Å². The summed E-state index contributed by atoms with van der Waals surface area (Å²) in [5, 5.41) is 6.23. The SMILES string of the molecule is CC(C)CCOCCNC(=O)[C@H]1Cc2ccccc2CN1. The van der Waals surface area contributed by atoms with Crippen molar-refractivity contribution >= 4 is 5.91 Å². The lowest BCUT2D eigenvalue weighted by atomic mass is 9.95. The van der Waals surface area contributed by atoms with Crippen molar-refractivity contribution < 1.29 is 9.53 Å². The molecule has 1 amide bonds. The Balaban J connectivity index is 1.66. The summed E-state index contributed by atoms with van der Waals surface area (Å²) in [6.07, 6.45) is 1.82. The molecule has 0 saturated heterocycles.